The molecule has 2 heterocycles. The molecule has 15 nitrogen and oxygen atoms in total. The Bertz CT molecular complexity index is 1380. The highest BCUT2D eigenvalue weighted by atomic mass is 16.7. The van der Waals surface area contributed by atoms with E-state index >= 15 is 0 Å². The number of hydrogen-bond acceptors (Lipinski definition) is 15. The Kier molecular flexibility index (Phi) is 34.2. The van der Waals surface area contributed by atoms with Gasteiger partial charge in [-0.3, -0.25) is 9.59 Å². The van der Waals surface area contributed by atoms with Crippen LogP contribution >= 0.6 is 0 Å². The lowest BCUT2D eigenvalue weighted by atomic mass is 9.98. The van der Waals surface area contributed by atoms with E-state index in [0.717, 1.165) is 96.3 Å². The fourth-order valence-corrected chi connectivity index (χ4v) is 7.38. The van der Waals surface area contributed by atoms with Crippen LogP contribution in [0, 0.1) is 0 Å². The number of esters is 2. The van der Waals surface area contributed by atoms with Crippen molar-refractivity contribution in [2.75, 3.05) is 26.4 Å². The van der Waals surface area contributed by atoms with E-state index in [1.54, 1.807) is 0 Å². The summed E-state index contributed by atoms with van der Waals surface area (Å²) in [7, 11) is 0. The van der Waals surface area contributed by atoms with Gasteiger partial charge in [0.25, 0.3) is 0 Å². The molecule has 11 atom stereocenters. The van der Waals surface area contributed by atoms with Gasteiger partial charge in [0, 0.05) is 12.8 Å². The lowest BCUT2D eigenvalue weighted by Crippen LogP contribution is -2.61. The van der Waals surface area contributed by atoms with Gasteiger partial charge in [-0.1, -0.05) is 126 Å². The van der Waals surface area contributed by atoms with Gasteiger partial charge in [-0.2, -0.15) is 0 Å². The Balaban J connectivity index is 1.84. The first-order valence-corrected chi connectivity index (χ1v) is 24.9. The molecule has 0 aliphatic carbocycles. The van der Waals surface area contributed by atoms with Crippen LogP contribution in [0.2, 0.25) is 0 Å². The number of carbonyl (C=O) groups is 2. The highest BCUT2D eigenvalue weighted by Crippen LogP contribution is 2.26. The molecular formula is C51H86O15. The SMILES string of the molecule is CC/C=C\C/C=C\C/C=C\CCCCCCCC(=O)OC[C@H](COC1OC(COC2OC(CO)C(O)C(O)C2O)C(O)C(O)C1O)OC(=O)CCCCCCC/C=C\C/C=C\CCCCC. The van der Waals surface area contributed by atoms with Gasteiger partial charge in [-0.05, 0) is 77.0 Å². The fraction of sp³-hybridized carbons (Fsp3) is 0.765. The lowest BCUT2D eigenvalue weighted by Gasteiger charge is -2.42. The molecular weight excluding hydrogens is 853 g/mol. The number of rotatable bonds is 37. The molecule has 0 aromatic heterocycles. The second-order valence-corrected chi connectivity index (χ2v) is 17.3. The van der Waals surface area contributed by atoms with Crippen molar-refractivity contribution in [1.29, 1.82) is 0 Å². The van der Waals surface area contributed by atoms with Crippen molar-refractivity contribution < 1.29 is 73.8 Å². The maximum Gasteiger partial charge on any atom is 0.306 e. The Morgan fingerprint density at radius 2 is 0.955 bits per heavy atom. The van der Waals surface area contributed by atoms with Crippen molar-refractivity contribution in [3.05, 3.63) is 60.8 Å². The highest BCUT2D eigenvalue weighted by molar-refractivity contribution is 5.70. The molecule has 0 amide bonds. The van der Waals surface area contributed by atoms with E-state index in [9.17, 15) is 45.3 Å². The van der Waals surface area contributed by atoms with Gasteiger partial charge in [0.15, 0.2) is 18.7 Å². The summed E-state index contributed by atoms with van der Waals surface area (Å²) >= 11 is 0. The van der Waals surface area contributed by atoms with E-state index in [1.165, 1.54) is 19.3 Å². The maximum atomic E-state index is 13.0. The number of carbonyl (C=O) groups excluding carboxylic acids is 2. The van der Waals surface area contributed by atoms with Crippen LogP contribution in [-0.2, 0) is 38.0 Å². The van der Waals surface area contributed by atoms with Crippen molar-refractivity contribution in [3.63, 3.8) is 0 Å². The number of aliphatic hydroxyl groups excluding tert-OH is 7. The van der Waals surface area contributed by atoms with Gasteiger partial charge in [-0.15, -0.1) is 0 Å². The normalized spacial score (nSPS) is 26.7. The number of hydrogen-bond donors (Lipinski definition) is 7. The standard InChI is InChI=1S/C51H86O15/c1-3-5-7-9-11-13-15-17-19-21-23-25-27-29-31-33-42(53)61-36-39(64-43(54)34-32-30-28-26-24-22-20-18-16-14-12-10-8-6-4-2)37-62-50-49(60)47(58)45(56)41(66-50)38-63-51-48(59)46(57)44(55)40(35-52)65-51/h5,7,11-14,17-20,39-41,44-52,55-60H,3-4,6,8-10,15-16,21-38H2,1-2H3/b7-5-,13-11-,14-12-,19-17-,20-18-/t39-,40?,41?,44?,45?,46?,47?,48?,49?,50?,51?/m1/s1. The second-order valence-electron chi connectivity index (χ2n) is 17.3. The van der Waals surface area contributed by atoms with E-state index in [2.05, 4.69) is 74.6 Å². The monoisotopic (exact) mass is 939 g/mol. The molecule has 0 aromatic rings. The predicted octanol–water partition coefficient (Wildman–Crippen LogP) is 6.49. The number of unbranched alkanes of at least 4 members (excludes halogenated alkanes) is 13. The van der Waals surface area contributed by atoms with Crippen molar-refractivity contribution in [1.82, 2.24) is 0 Å². The molecule has 0 saturated carbocycles. The molecule has 10 unspecified atom stereocenters. The highest BCUT2D eigenvalue weighted by Gasteiger charge is 2.47. The molecule has 15 heteroatoms. The zero-order valence-corrected chi connectivity index (χ0v) is 39.9. The summed E-state index contributed by atoms with van der Waals surface area (Å²) < 4.78 is 33.5. The summed E-state index contributed by atoms with van der Waals surface area (Å²) in [5.74, 6) is -0.966. The fourth-order valence-electron chi connectivity index (χ4n) is 7.38. The Morgan fingerprint density at radius 3 is 1.50 bits per heavy atom. The molecule has 2 aliphatic rings. The number of allylic oxidation sites excluding steroid dienone is 10. The zero-order valence-electron chi connectivity index (χ0n) is 39.9. The van der Waals surface area contributed by atoms with Crippen LogP contribution in [0.15, 0.2) is 60.8 Å². The van der Waals surface area contributed by atoms with Gasteiger partial charge >= 0.3 is 11.9 Å². The van der Waals surface area contributed by atoms with Gasteiger partial charge in [0.1, 0.15) is 55.4 Å². The molecule has 0 aromatic carbocycles. The molecule has 2 fully saturated rings. The first-order chi connectivity index (χ1) is 32.0. The second kappa shape index (κ2) is 38.1. The van der Waals surface area contributed by atoms with Crippen LogP contribution in [0.5, 0.6) is 0 Å². The third-order valence-corrected chi connectivity index (χ3v) is 11.5. The molecule has 2 rings (SSSR count). The number of aliphatic hydroxyl groups is 7. The quantitative estimate of drug-likeness (QED) is 0.0201. The number of ether oxygens (including phenoxy) is 6. The Hall–Kier alpha value is -2.80. The minimum atomic E-state index is -1.77. The Morgan fingerprint density at radius 1 is 0.500 bits per heavy atom. The minimum absolute atomic E-state index is 0.142. The van der Waals surface area contributed by atoms with Crippen LogP contribution in [0.3, 0.4) is 0 Å². The van der Waals surface area contributed by atoms with Gasteiger partial charge < -0.3 is 64.2 Å². The van der Waals surface area contributed by atoms with Crippen molar-refractivity contribution in [3.8, 4) is 0 Å². The summed E-state index contributed by atoms with van der Waals surface area (Å²) in [5.41, 5.74) is 0. The Labute approximate surface area is 394 Å². The van der Waals surface area contributed by atoms with Crippen molar-refractivity contribution in [2.45, 2.75) is 223 Å². The molecule has 2 aliphatic heterocycles. The molecule has 66 heavy (non-hydrogen) atoms. The smallest absolute Gasteiger partial charge is 0.306 e. The van der Waals surface area contributed by atoms with E-state index < -0.39 is 99.3 Å². The molecule has 0 spiro atoms. The van der Waals surface area contributed by atoms with Crippen molar-refractivity contribution >= 4 is 11.9 Å². The third-order valence-electron chi connectivity index (χ3n) is 11.5. The van der Waals surface area contributed by atoms with Crippen LogP contribution in [0.4, 0.5) is 0 Å². The zero-order chi connectivity index (χ0) is 48.2. The third kappa shape index (κ3) is 26.1. The average Bonchev–Trinajstić information content (AvgIpc) is 3.31. The summed E-state index contributed by atoms with van der Waals surface area (Å²) in [4.78, 5) is 25.7. The predicted molar refractivity (Wildman–Crippen MR) is 252 cm³/mol. The van der Waals surface area contributed by atoms with Gasteiger partial charge in [-0.25, -0.2) is 0 Å². The van der Waals surface area contributed by atoms with E-state index in [1.807, 2.05) is 0 Å². The van der Waals surface area contributed by atoms with E-state index in [-0.39, 0.29) is 19.4 Å². The molecule has 7 N–H and O–H groups in total. The lowest BCUT2D eigenvalue weighted by molar-refractivity contribution is -0.332. The molecule has 0 radical (unpaired) electrons. The summed E-state index contributed by atoms with van der Waals surface area (Å²) in [5, 5.41) is 72.0. The summed E-state index contributed by atoms with van der Waals surface area (Å²) in [6.45, 7) is 2.40. The molecule has 0 bridgehead atoms. The topological polar surface area (TPSA) is 231 Å². The van der Waals surface area contributed by atoms with Crippen LogP contribution in [0.25, 0.3) is 0 Å². The van der Waals surface area contributed by atoms with E-state index in [0.29, 0.717) is 12.8 Å². The largest absolute Gasteiger partial charge is 0.462 e. The molecule has 380 valence electrons. The molecule has 2 saturated heterocycles. The van der Waals surface area contributed by atoms with Crippen LogP contribution < -0.4 is 0 Å². The van der Waals surface area contributed by atoms with Crippen LogP contribution in [-0.4, -0.2) is 142 Å². The summed E-state index contributed by atoms with van der Waals surface area (Å²) in [6.07, 6.45) is 25.3. The average molecular weight is 939 g/mol. The van der Waals surface area contributed by atoms with Gasteiger partial charge in [0.05, 0.1) is 19.8 Å². The van der Waals surface area contributed by atoms with Gasteiger partial charge in [0.2, 0.25) is 0 Å². The van der Waals surface area contributed by atoms with Crippen molar-refractivity contribution in [2.24, 2.45) is 0 Å². The minimum Gasteiger partial charge on any atom is -0.462 e. The van der Waals surface area contributed by atoms with Crippen LogP contribution in [0.1, 0.15) is 155 Å². The first kappa shape index (κ1) is 59.3. The van der Waals surface area contributed by atoms with E-state index in [4.69, 9.17) is 28.4 Å². The maximum absolute atomic E-state index is 13.0. The first-order valence-electron chi connectivity index (χ1n) is 24.9. The summed E-state index contributed by atoms with van der Waals surface area (Å²) in [6, 6.07) is 0.